The molecule has 8 heteroatoms. The molecular weight excluding hydrogens is 462 g/mol. The number of hydrogen-bond donors (Lipinski definition) is 1. The van der Waals surface area contributed by atoms with E-state index in [1.807, 2.05) is 88.6 Å². The molecule has 0 radical (unpaired) electrons. The maximum atomic E-state index is 13.5. The Balaban J connectivity index is 1.26. The average molecular weight is 488 g/mol. The Labute approximate surface area is 208 Å². The highest BCUT2D eigenvalue weighted by molar-refractivity contribution is 6.30. The fraction of sp³-hybridized carbons (Fsp3) is 0.222. The van der Waals surface area contributed by atoms with Gasteiger partial charge in [-0.05, 0) is 54.8 Å². The number of nitrogens with one attached hydrogen (secondary N) is 1. The standard InChI is InChI=1S/C27H26ClN5O2/c28-22-10-8-20(9-11-22)18-29-25(34)21-12-16-32(17-13-21)27(35)24-19-30-33(23-6-2-1-3-7-23)26(24)31-14-4-5-15-31/h1-11,14-15,19,21H,12-13,16-18H2,(H,29,34). The van der Waals surface area contributed by atoms with Gasteiger partial charge < -0.3 is 14.8 Å². The lowest BCUT2D eigenvalue weighted by Gasteiger charge is -2.31. The Kier molecular flexibility index (Phi) is 6.68. The van der Waals surface area contributed by atoms with Crippen molar-refractivity contribution in [2.75, 3.05) is 13.1 Å². The van der Waals surface area contributed by atoms with E-state index in [1.165, 1.54) is 0 Å². The van der Waals surface area contributed by atoms with Crippen LogP contribution in [0, 0.1) is 5.92 Å². The molecule has 0 atom stereocenters. The number of likely N-dealkylation sites (tertiary alicyclic amines) is 1. The molecule has 2 aromatic carbocycles. The molecule has 0 aliphatic carbocycles. The molecule has 1 saturated heterocycles. The number of carbonyl (C=O) groups is 2. The Morgan fingerprint density at radius 2 is 1.63 bits per heavy atom. The van der Waals surface area contributed by atoms with Gasteiger partial charge in [0.1, 0.15) is 5.56 Å². The minimum atomic E-state index is -0.109. The van der Waals surface area contributed by atoms with Crippen LogP contribution in [0.25, 0.3) is 11.5 Å². The van der Waals surface area contributed by atoms with Gasteiger partial charge in [-0.25, -0.2) is 4.68 Å². The Morgan fingerprint density at radius 3 is 2.31 bits per heavy atom. The van der Waals surface area contributed by atoms with Crippen molar-refractivity contribution < 1.29 is 9.59 Å². The van der Waals surface area contributed by atoms with Crippen LogP contribution in [-0.2, 0) is 11.3 Å². The normalized spacial score (nSPS) is 14.1. The van der Waals surface area contributed by atoms with Crippen LogP contribution in [0.15, 0.2) is 85.3 Å². The highest BCUT2D eigenvalue weighted by Gasteiger charge is 2.30. The lowest BCUT2D eigenvalue weighted by atomic mass is 9.95. The highest BCUT2D eigenvalue weighted by Crippen LogP contribution is 2.24. The number of carbonyl (C=O) groups excluding carboxylic acids is 2. The van der Waals surface area contributed by atoms with E-state index in [1.54, 1.807) is 10.9 Å². The molecule has 1 N–H and O–H groups in total. The van der Waals surface area contributed by atoms with Gasteiger partial charge in [0.15, 0.2) is 5.82 Å². The summed E-state index contributed by atoms with van der Waals surface area (Å²) in [7, 11) is 0. The molecule has 4 aromatic rings. The molecule has 178 valence electrons. The predicted molar refractivity (Wildman–Crippen MR) is 135 cm³/mol. The van der Waals surface area contributed by atoms with Gasteiger partial charge in [0.25, 0.3) is 5.91 Å². The van der Waals surface area contributed by atoms with E-state index >= 15 is 0 Å². The summed E-state index contributed by atoms with van der Waals surface area (Å²) in [5.74, 6) is 0.546. The van der Waals surface area contributed by atoms with Crippen LogP contribution in [0.1, 0.15) is 28.8 Å². The number of rotatable bonds is 6. The monoisotopic (exact) mass is 487 g/mol. The third-order valence-electron chi connectivity index (χ3n) is 6.36. The molecule has 1 aliphatic rings. The van der Waals surface area contributed by atoms with E-state index in [9.17, 15) is 9.59 Å². The van der Waals surface area contributed by atoms with Crippen molar-refractivity contribution in [2.24, 2.45) is 5.92 Å². The van der Waals surface area contributed by atoms with Crippen molar-refractivity contribution in [2.45, 2.75) is 19.4 Å². The number of hydrogen-bond acceptors (Lipinski definition) is 3. The number of amides is 2. The van der Waals surface area contributed by atoms with Crippen molar-refractivity contribution in [1.82, 2.24) is 24.6 Å². The van der Waals surface area contributed by atoms with Gasteiger partial charge in [0, 0.05) is 43.0 Å². The molecular formula is C27H26ClN5O2. The van der Waals surface area contributed by atoms with Crippen LogP contribution in [-0.4, -0.2) is 44.2 Å². The Hall–Kier alpha value is -3.84. The number of benzene rings is 2. The average Bonchev–Trinajstić information content (AvgIpc) is 3.58. The molecule has 2 aromatic heterocycles. The van der Waals surface area contributed by atoms with Gasteiger partial charge in [-0.2, -0.15) is 5.10 Å². The minimum Gasteiger partial charge on any atom is -0.352 e. The number of nitrogens with zero attached hydrogens (tertiary/aromatic N) is 4. The van der Waals surface area contributed by atoms with E-state index in [0.29, 0.717) is 48.9 Å². The SMILES string of the molecule is O=C(NCc1ccc(Cl)cc1)C1CCN(C(=O)c2cnn(-c3ccccc3)c2-n2cccc2)CC1. The Bertz CT molecular complexity index is 1290. The fourth-order valence-corrected chi connectivity index (χ4v) is 4.55. The molecule has 7 nitrogen and oxygen atoms in total. The van der Waals surface area contributed by atoms with Crippen molar-refractivity contribution in [3.05, 3.63) is 101 Å². The topological polar surface area (TPSA) is 72.2 Å². The number of halogens is 1. The second kappa shape index (κ2) is 10.2. The van der Waals surface area contributed by atoms with Gasteiger partial charge in [0.2, 0.25) is 5.91 Å². The fourth-order valence-electron chi connectivity index (χ4n) is 4.43. The first-order valence-corrected chi connectivity index (χ1v) is 12.1. The summed E-state index contributed by atoms with van der Waals surface area (Å²) in [5.41, 5.74) is 2.42. The molecule has 35 heavy (non-hydrogen) atoms. The van der Waals surface area contributed by atoms with E-state index < -0.39 is 0 Å². The molecule has 0 spiro atoms. The van der Waals surface area contributed by atoms with E-state index in [4.69, 9.17) is 11.6 Å². The van der Waals surface area contributed by atoms with E-state index in [2.05, 4.69) is 10.4 Å². The van der Waals surface area contributed by atoms with Crippen molar-refractivity contribution in [3.63, 3.8) is 0 Å². The van der Waals surface area contributed by atoms with Gasteiger partial charge in [-0.3, -0.25) is 9.59 Å². The van der Waals surface area contributed by atoms with E-state index in [0.717, 1.165) is 11.3 Å². The van der Waals surface area contributed by atoms with Gasteiger partial charge in [0.05, 0.1) is 11.9 Å². The Morgan fingerprint density at radius 1 is 0.943 bits per heavy atom. The quantitative estimate of drug-likeness (QED) is 0.435. The van der Waals surface area contributed by atoms with Gasteiger partial charge >= 0.3 is 0 Å². The minimum absolute atomic E-state index is 0.0250. The molecule has 2 amide bonds. The van der Waals surface area contributed by atoms with Crippen LogP contribution in [0.2, 0.25) is 5.02 Å². The van der Waals surface area contributed by atoms with Crippen molar-refractivity contribution in [3.8, 4) is 11.5 Å². The molecule has 1 fully saturated rings. The highest BCUT2D eigenvalue weighted by atomic mass is 35.5. The first kappa shape index (κ1) is 22.9. The third kappa shape index (κ3) is 5.00. The van der Waals surface area contributed by atoms with Crippen LogP contribution >= 0.6 is 11.6 Å². The van der Waals surface area contributed by atoms with Crippen LogP contribution in [0.3, 0.4) is 0 Å². The molecule has 5 rings (SSSR count). The zero-order valence-electron chi connectivity index (χ0n) is 19.2. The first-order chi connectivity index (χ1) is 17.1. The first-order valence-electron chi connectivity index (χ1n) is 11.7. The summed E-state index contributed by atoms with van der Waals surface area (Å²) in [5, 5.41) is 8.22. The second-order valence-electron chi connectivity index (χ2n) is 8.63. The number of piperidine rings is 1. The maximum Gasteiger partial charge on any atom is 0.259 e. The molecule has 0 unspecified atom stereocenters. The largest absolute Gasteiger partial charge is 0.352 e. The van der Waals surface area contributed by atoms with Crippen molar-refractivity contribution in [1.29, 1.82) is 0 Å². The van der Waals surface area contributed by atoms with Crippen LogP contribution < -0.4 is 5.32 Å². The summed E-state index contributed by atoms with van der Waals surface area (Å²) >= 11 is 5.92. The summed E-state index contributed by atoms with van der Waals surface area (Å²) in [4.78, 5) is 28.0. The zero-order valence-corrected chi connectivity index (χ0v) is 19.9. The smallest absolute Gasteiger partial charge is 0.259 e. The number of aromatic nitrogens is 3. The van der Waals surface area contributed by atoms with E-state index in [-0.39, 0.29) is 17.7 Å². The summed E-state index contributed by atoms with van der Waals surface area (Å²) in [6.45, 7) is 1.52. The van der Waals surface area contributed by atoms with Crippen LogP contribution in [0.4, 0.5) is 0 Å². The second-order valence-corrected chi connectivity index (χ2v) is 9.07. The van der Waals surface area contributed by atoms with Crippen molar-refractivity contribution >= 4 is 23.4 Å². The molecule has 0 bridgehead atoms. The molecule has 0 saturated carbocycles. The van der Waals surface area contributed by atoms with Crippen LogP contribution in [0.5, 0.6) is 0 Å². The maximum absolute atomic E-state index is 13.5. The lowest BCUT2D eigenvalue weighted by Crippen LogP contribution is -2.43. The van der Waals surface area contributed by atoms with Gasteiger partial charge in [-0.15, -0.1) is 0 Å². The summed E-state index contributed by atoms with van der Waals surface area (Å²) in [6, 6.07) is 21.0. The zero-order chi connectivity index (χ0) is 24.2. The third-order valence-corrected chi connectivity index (χ3v) is 6.61. The summed E-state index contributed by atoms with van der Waals surface area (Å²) in [6.07, 6.45) is 6.71. The number of para-hydroxylation sites is 1. The van der Waals surface area contributed by atoms with Gasteiger partial charge in [-0.1, -0.05) is 41.9 Å². The lowest BCUT2D eigenvalue weighted by molar-refractivity contribution is -0.126. The molecule has 3 heterocycles. The predicted octanol–water partition coefficient (Wildman–Crippen LogP) is 4.49. The summed E-state index contributed by atoms with van der Waals surface area (Å²) < 4.78 is 3.69. The molecule has 1 aliphatic heterocycles.